The number of hydrazone groups is 1. The van der Waals surface area contributed by atoms with Crippen molar-refractivity contribution in [3.63, 3.8) is 0 Å². The average molecular weight is 320 g/mol. The Morgan fingerprint density at radius 3 is 2.77 bits per heavy atom. The fourth-order valence-corrected chi connectivity index (χ4v) is 3.79. The van der Waals surface area contributed by atoms with Gasteiger partial charge in [-0.25, -0.2) is 18.5 Å². The number of fused-ring (bicyclic) bond motifs is 1. The number of nitrogens with one attached hydrogen (secondary N) is 1. The molecule has 0 unspecified atom stereocenters. The molecular weight excluding hydrogens is 300 g/mol. The van der Waals surface area contributed by atoms with Crippen molar-refractivity contribution in [2.24, 2.45) is 27.5 Å². The van der Waals surface area contributed by atoms with E-state index >= 15 is 0 Å². The molecule has 0 amide bonds. The van der Waals surface area contributed by atoms with Crippen LogP contribution >= 0.6 is 0 Å². The van der Waals surface area contributed by atoms with Crippen molar-refractivity contribution >= 4 is 22.1 Å². The van der Waals surface area contributed by atoms with Gasteiger partial charge in [0, 0.05) is 6.20 Å². The molecular formula is C15H20N4O2S. The molecule has 3 aliphatic rings. The summed E-state index contributed by atoms with van der Waals surface area (Å²) in [7, 11) is -3.71. The summed E-state index contributed by atoms with van der Waals surface area (Å²) < 4.78 is 22.3. The number of nitrogens with zero attached hydrogens (tertiary/aromatic N) is 2. The summed E-state index contributed by atoms with van der Waals surface area (Å²) in [4.78, 5) is 3.97. The van der Waals surface area contributed by atoms with Crippen molar-refractivity contribution in [2.45, 2.75) is 31.6 Å². The lowest BCUT2D eigenvalue weighted by molar-refractivity contribution is -0.00124. The van der Waals surface area contributed by atoms with Crippen LogP contribution in [0.2, 0.25) is 0 Å². The zero-order valence-electron chi connectivity index (χ0n) is 12.7. The Kier molecular flexibility index (Phi) is 3.57. The Morgan fingerprint density at radius 2 is 2.23 bits per heavy atom. The third kappa shape index (κ3) is 2.66. The van der Waals surface area contributed by atoms with E-state index in [1.54, 1.807) is 0 Å². The van der Waals surface area contributed by atoms with Gasteiger partial charge in [-0.3, -0.25) is 5.43 Å². The van der Waals surface area contributed by atoms with Crippen LogP contribution in [0.3, 0.4) is 0 Å². The lowest BCUT2D eigenvalue weighted by Gasteiger charge is -2.55. The number of nitrogens with two attached hydrogens (primary N) is 1. The summed E-state index contributed by atoms with van der Waals surface area (Å²) in [6.07, 6.45) is 7.68. The molecule has 1 fully saturated rings. The van der Waals surface area contributed by atoms with E-state index in [0.29, 0.717) is 17.2 Å². The zero-order chi connectivity index (χ0) is 16.0. The lowest BCUT2D eigenvalue weighted by Crippen LogP contribution is -2.48. The van der Waals surface area contributed by atoms with Gasteiger partial charge in [0.05, 0.1) is 6.21 Å². The molecule has 0 spiro atoms. The first-order valence-corrected chi connectivity index (χ1v) is 8.81. The summed E-state index contributed by atoms with van der Waals surface area (Å²) in [5, 5.41) is 9.24. The SMILES string of the molecule is CC1(C)[C@H]2CC=C(C=NNc3ccc(S(N)(=O)=O)cn3)[C@H]1C2. The number of aromatic nitrogens is 1. The van der Waals surface area contributed by atoms with Crippen LogP contribution in [0.5, 0.6) is 0 Å². The minimum Gasteiger partial charge on any atom is -0.261 e. The number of anilines is 1. The van der Waals surface area contributed by atoms with E-state index in [4.69, 9.17) is 5.14 Å². The van der Waals surface area contributed by atoms with Crippen LogP contribution in [0, 0.1) is 17.3 Å². The predicted octanol–water partition coefficient (Wildman–Crippen LogP) is 2.12. The Morgan fingerprint density at radius 1 is 1.45 bits per heavy atom. The summed E-state index contributed by atoms with van der Waals surface area (Å²) >= 11 is 0. The fraction of sp³-hybridized carbons (Fsp3) is 0.467. The predicted molar refractivity (Wildman–Crippen MR) is 85.8 cm³/mol. The maximum absolute atomic E-state index is 11.1. The van der Waals surface area contributed by atoms with E-state index in [9.17, 15) is 8.42 Å². The third-order valence-electron chi connectivity index (χ3n) is 4.97. The van der Waals surface area contributed by atoms with Crippen LogP contribution < -0.4 is 10.6 Å². The summed E-state index contributed by atoms with van der Waals surface area (Å²) in [5.41, 5.74) is 4.45. The average Bonchev–Trinajstić information content (AvgIpc) is 2.47. The number of hydrogen-bond donors (Lipinski definition) is 2. The first kappa shape index (κ1) is 15.2. The molecule has 1 saturated carbocycles. The molecule has 3 N–H and O–H groups in total. The van der Waals surface area contributed by atoms with Crippen molar-refractivity contribution in [2.75, 3.05) is 5.43 Å². The summed E-state index contributed by atoms with van der Waals surface area (Å²) in [6.45, 7) is 4.63. The van der Waals surface area contributed by atoms with Gasteiger partial charge in [0.15, 0.2) is 0 Å². The molecule has 7 heteroatoms. The van der Waals surface area contributed by atoms with Crippen molar-refractivity contribution in [1.82, 2.24) is 4.98 Å². The van der Waals surface area contributed by atoms with E-state index in [2.05, 4.69) is 35.4 Å². The van der Waals surface area contributed by atoms with Crippen LogP contribution in [-0.2, 0) is 10.0 Å². The molecule has 4 rings (SSSR count). The van der Waals surface area contributed by atoms with Crippen LogP contribution in [0.4, 0.5) is 5.82 Å². The number of sulfonamides is 1. The molecule has 6 nitrogen and oxygen atoms in total. The van der Waals surface area contributed by atoms with E-state index in [0.717, 1.165) is 12.3 Å². The van der Waals surface area contributed by atoms with Gasteiger partial charge in [-0.1, -0.05) is 19.9 Å². The molecule has 22 heavy (non-hydrogen) atoms. The van der Waals surface area contributed by atoms with Crippen LogP contribution in [-0.4, -0.2) is 19.6 Å². The maximum Gasteiger partial charge on any atom is 0.239 e. The van der Waals surface area contributed by atoms with E-state index in [1.165, 1.54) is 30.3 Å². The molecule has 0 aromatic carbocycles. The second-order valence-electron chi connectivity index (χ2n) is 6.54. The number of rotatable bonds is 4. The van der Waals surface area contributed by atoms with Gasteiger partial charge in [0.1, 0.15) is 10.7 Å². The summed E-state index contributed by atoms with van der Waals surface area (Å²) in [5.74, 6) is 1.86. The van der Waals surface area contributed by atoms with Gasteiger partial charge < -0.3 is 0 Å². The van der Waals surface area contributed by atoms with Gasteiger partial charge in [0.25, 0.3) is 0 Å². The quantitative estimate of drug-likeness (QED) is 0.656. The van der Waals surface area contributed by atoms with Crippen LogP contribution in [0.1, 0.15) is 26.7 Å². The number of pyridine rings is 1. The molecule has 1 aromatic heterocycles. The van der Waals surface area contributed by atoms with Crippen molar-refractivity contribution in [3.05, 3.63) is 30.0 Å². The van der Waals surface area contributed by atoms with Crippen molar-refractivity contribution < 1.29 is 8.42 Å². The van der Waals surface area contributed by atoms with E-state index in [-0.39, 0.29) is 4.90 Å². The Balaban J connectivity index is 1.65. The Labute approximate surface area is 130 Å². The molecule has 3 aliphatic carbocycles. The van der Waals surface area contributed by atoms with E-state index < -0.39 is 10.0 Å². The Bertz CT molecular complexity index is 735. The largest absolute Gasteiger partial charge is 0.261 e. The first-order valence-electron chi connectivity index (χ1n) is 7.26. The molecule has 0 radical (unpaired) electrons. The molecule has 118 valence electrons. The number of allylic oxidation sites excluding steroid dienone is 2. The molecule has 0 saturated heterocycles. The smallest absolute Gasteiger partial charge is 0.239 e. The highest BCUT2D eigenvalue weighted by Gasteiger charge is 2.50. The van der Waals surface area contributed by atoms with Gasteiger partial charge >= 0.3 is 0 Å². The number of primary sulfonamides is 1. The first-order chi connectivity index (χ1) is 10.3. The van der Waals surface area contributed by atoms with Gasteiger partial charge in [-0.05, 0) is 47.8 Å². The van der Waals surface area contributed by atoms with Crippen molar-refractivity contribution in [1.29, 1.82) is 0 Å². The van der Waals surface area contributed by atoms with Crippen LogP contribution in [0.25, 0.3) is 0 Å². The molecule has 2 bridgehead atoms. The van der Waals surface area contributed by atoms with E-state index in [1.807, 2.05) is 6.21 Å². The second kappa shape index (κ2) is 5.17. The van der Waals surface area contributed by atoms with Crippen LogP contribution in [0.15, 0.2) is 40.0 Å². The van der Waals surface area contributed by atoms with Gasteiger partial charge in [-0.15, -0.1) is 0 Å². The second-order valence-corrected chi connectivity index (χ2v) is 8.10. The summed E-state index contributed by atoms with van der Waals surface area (Å²) in [6, 6.07) is 2.94. The minimum absolute atomic E-state index is 0.0146. The number of hydrogen-bond acceptors (Lipinski definition) is 5. The van der Waals surface area contributed by atoms with Gasteiger partial charge in [-0.2, -0.15) is 5.10 Å². The third-order valence-corrected chi connectivity index (χ3v) is 5.87. The highest BCUT2D eigenvalue weighted by Crippen LogP contribution is 2.58. The van der Waals surface area contributed by atoms with Gasteiger partial charge in [0.2, 0.25) is 10.0 Å². The standard InChI is InChI=1S/C15H20N4O2S/c1-15(2)11-4-3-10(13(15)7-11)8-18-19-14-6-5-12(9-17-14)22(16,20)21/h3,5-6,8-9,11,13H,4,7H2,1-2H3,(H,17,19)(H2,16,20,21)/t11-,13+/m0/s1. The molecule has 0 aliphatic heterocycles. The maximum atomic E-state index is 11.1. The molecule has 2 atom stereocenters. The topological polar surface area (TPSA) is 97.4 Å². The highest BCUT2D eigenvalue weighted by atomic mass is 32.2. The lowest BCUT2D eigenvalue weighted by atomic mass is 9.49. The normalized spacial score (nSPS) is 26.4. The fourth-order valence-electron chi connectivity index (χ4n) is 3.33. The molecule has 1 heterocycles. The molecule has 1 aromatic rings. The highest BCUT2D eigenvalue weighted by molar-refractivity contribution is 7.89. The van der Waals surface area contributed by atoms with Crippen molar-refractivity contribution in [3.8, 4) is 0 Å². The minimum atomic E-state index is -3.71. The zero-order valence-corrected chi connectivity index (χ0v) is 13.5. The monoisotopic (exact) mass is 320 g/mol. The Hall–Kier alpha value is -1.73.